The minimum Gasteiger partial charge on any atom is -0.444 e. The largest absolute Gasteiger partial charge is 0.444 e. The van der Waals surface area contributed by atoms with E-state index in [9.17, 15) is 14.7 Å². The molecule has 0 unspecified atom stereocenters. The molecule has 0 bridgehead atoms. The Morgan fingerprint density at radius 2 is 1.86 bits per heavy atom. The molecule has 6 heteroatoms. The Bertz CT molecular complexity index is 730. The number of rotatable bonds is 3. The van der Waals surface area contributed by atoms with Crippen molar-refractivity contribution in [1.82, 2.24) is 10.2 Å². The highest BCUT2D eigenvalue weighted by molar-refractivity contribution is 5.94. The highest BCUT2D eigenvalue weighted by Crippen LogP contribution is 2.48. The van der Waals surface area contributed by atoms with Gasteiger partial charge in [-0.05, 0) is 52.2 Å². The molecule has 2 fully saturated rings. The number of benzene rings is 1. The SMILES string of the molecule is CC(C)(C)OC(=O)N1[C@@H](CNC(=O)c2ccccc2)C[C@@]2(C)[C@@H](O)CCCC[C@@H]12. The van der Waals surface area contributed by atoms with E-state index in [1.165, 1.54) is 0 Å². The van der Waals surface area contributed by atoms with Crippen molar-refractivity contribution in [2.75, 3.05) is 6.54 Å². The molecule has 2 aliphatic rings. The molecule has 1 saturated carbocycles. The third kappa shape index (κ3) is 4.74. The van der Waals surface area contributed by atoms with Gasteiger partial charge in [0, 0.05) is 23.6 Å². The van der Waals surface area contributed by atoms with Crippen LogP contribution in [0.2, 0.25) is 0 Å². The summed E-state index contributed by atoms with van der Waals surface area (Å²) in [5.74, 6) is -0.160. The summed E-state index contributed by atoms with van der Waals surface area (Å²) < 4.78 is 5.71. The molecular weight excluding hydrogens is 368 g/mol. The lowest BCUT2D eigenvalue weighted by Gasteiger charge is -2.37. The van der Waals surface area contributed by atoms with Gasteiger partial charge in [-0.2, -0.15) is 0 Å². The number of carbonyl (C=O) groups excluding carboxylic acids is 2. The fraction of sp³-hybridized carbons (Fsp3) is 0.652. The zero-order chi connectivity index (χ0) is 21.2. The molecule has 1 aromatic carbocycles. The topological polar surface area (TPSA) is 78.9 Å². The number of hydrogen-bond acceptors (Lipinski definition) is 4. The summed E-state index contributed by atoms with van der Waals surface area (Å²) in [5, 5.41) is 13.8. The van der Waals surface area contributed by atoms with Crippen molar-refractivity contribution in [2.45, 2.75) is 83.6 Å². The molecular formula is C23H34N2O4. The van der Waals surface area contributed by atoms with Crippen molar-refractivity contribution in [2.24, 2.45) is 5.41 Å². The van der Waals surface area contributed by atoms with Crippen LogP contribution in [0.3, 0.4) is 0 Å². The lowest BCUT2D eigenvalue weighted by atomic mass is 9.75. The van der Waals surface area contributed by atoms with E-state index < -0.39 is 17.1 Å². The second-order valence-corrected chi connectivity index (χ2v) is 9.64. The summed E-state index contributed by atoms with van der Waals surface area (Å²) in [4.78, 5) is 27.4. The third-order valence-electron chi connectivity index (χ3n) is 6.27. The lowest BCUT2D eigenvalue weighted by Crippen LogP contribution is -2.50. The maximum absolute atomic E-state index is 13.1. The molecule has 29 heavy (non-hydrogen) atoms. The highest BCUT2D eigenvalue weighted by Gasteiger charge is 2.55. The first-order valence-corrected chi connectivity index (χ1v) is 10.6. The number of aliphatic hydroxyl groups excluding tert-OH is 1. The van der Waals surface area contributed by atoms with Crippen LogP contribution in [0.15, 0.2) is 30.3 Å². The first kappa shape index (κ1) is 21.6. The third-order valence-corrected chi connectivity index (χ3v) is 6.27. The molecule has 1 aromatic rings. The quantitative estimate of drug-likeness (QED) is 0.807. The smallest absolute Gasteiger partial charge is 0.410 e. The van der Waals surface area contributed by atoms with Gasteiger partial charge in [0.1, 0.15) is 5.60 Å². The van der Waals surface area contributed by atoms with Crippen molar-refractivity contribution in [3.63, 3.8) is 0 Å². The molecule has 3 rings (SSSR count). The predicted molar refractivity (Wildman–Crippen MR) is 112 cm³/mol. The van der Waals surface area contributed by atoms with Crippen LogP contribution in [-0.2, 0) is 4.74 Å². The molecule has 1 aliphatic heterocycles. The number of aliphatic hydroxyl groups is 1. The van der Waals surface area contributed by atoms with Crippen LogP contribution in [0.25, 0.3) is 0 Å². The Morgan fingerprint density at radius 3 is 2.52 bits per heavy atom. The molecule has 0 radical (unpaired) electrons. The van der Waals surface area contributed by atoms with Crippen molar-refractivity contribution in [3.8, 4) is 0 Å². The average Bonchev–Trinajstić information content (AvgIpc) is 2.87. The number of nitrogens with zero attached hydrogens (tertiary/aromatic N) is 1. The molecule has 2 amide bonds. The number of amides is 2. The van der Waals surface area contributed by atoms with Crippen LogP contribution >= 0.6 is 0 Å². The fourth-order valence-corrected chi connectivity index (χ4v) is 4.81. The molecule has 4 atom stereocenters. The molecule has 1 heterocycles. The minimum atomic E-state index is -0.600. The number of nitrogens with one attached hydrogen (secondary N) is 1. The first-order valence-electron chi connectivity index (χ1n) is 10.6. The van der Waals surface area contributed by atoms with Crippen LogP contribution in [0, 0.1) is 5.41 Å². The molecule has 2 N–H and O–H groups in total. The Kier molecular flexibility index (Phi) is 6.22. The Hall–Kier alpha value is -2.08. The lowest BCUT2D eigenvalue weighted by molar-refractivity contribution is -0.00901. The first-order chi connectivity index (χ1) is 13.6. The summed E-state index contributed by atoms with van der Waals surface area (Å²) >= 11 is 0. The van der Waals surface area contributed by atoms with Gasteiger partial charge in [0.2, 0.25) is 0 Å². The molecule has 1 aliphatic carbocycles. The van der Waals surface area contributed by atoms with Gasteiger partial charge in [-0.25, -0.2) is 4.79 Å². The number of hydrogen-bond donors (Lipinski definition) is 2. The molecule has 1 saturated heterocycles. The molecule has 0 spiro atoms. The number of ether oxygens (including phenoxy) is 1. The standard InChI is InChI=1S/C23H34N2O4/c1-22(2,3)29-21(28)25-17(15-24-20(27)16-10-6-5-7-11-16)14-23(4)18(25)12-8-9-13-19(23)26/h5-7,10-11,17-19,26H,8-9,12-15H2,1-4H3,(H,24,27)/t17-,18-,19+,23-/m1/s1. The van der Waals surface area contributed by atoms with Gasteiger partial charge in [0.05, 0.1) is 12.1 Å². The maximum atomic E-state index is 13.1. The van der Waals surface area contributed by atoms with Gasteiger partial charge in [-0.3, -0.25) is 9.69 Å². The van der Waals surface area contributed by atoms with E-state index in [0.717, 1.165) is 25.7 Å². The van der Waals surface area contributed by atoms with Crippen molar-refractivity contribution < 1.29 is 19.4 Å². The number of likely N-dealkylation sites (tertiary alicyclic amines) is 1. The monoisotopic (exact) mass is 402 g/mol. The van der Waals surface area contributed by atoms with E-state index in [0.29, 0.717) is 18.5 Å². The van der Waals surface area contributed by atoms with Crippen LogP contribution in [0.5, 0.6) is 0 Å². The Morgan fingerprint density at radius 1 is 1.21 bits per heavy atom. The second kappa shape index (κ2) is 8.34. The van der Waals surface area contributed by atoms with Crippen LogP contribution in [0.4, 0.5) is 4.79 Å². The highest BCUT2D eigenvalue weighted by atomic mass is 16.6. The Balaban J connectivity index is 1.81. The summed E-state index contributed by atoms with van der Waals surface area (Å²) in [6.45, 7) is 7.98. The zero-order valence-corrected chi connectivity index (χ0v) is 18.0. The fourth-order valence-electron chi connectivity index (χ4n) is 4.81. The molecule has 6 nitrogen and oxygen atoms in total. The van der Waals surface area contributed by atoms with Crippen LogP contribution in [-0.4, -0.2) is 52.3 Å². The molecule has 160 valence electrons. The van der Waals surface area contributed by atoms with Crippen molar-refractivity contribution in [1.29, 1.82) is 0 Å². The van der Waals surface area contributed by atoms with Gasteiger partial charge in [-0.1, -0.05) is 38.0 Å². The molecule has 0 aromatic heterocycles. The van der Waals surface area contributed by atoms with E-state index >= 15 is 0 Å². The van der Waals surface area contributed by atoms with Gasteiger partial charge in [0.15, 0.2) is 0 Å². The summed E-state index contributed by atoms with van der Waals surface area (Å²) in [5.41, 5.74) is -0.401. The van der Waals surface area contributed by atoms with Crippen LogP contribution < -0.4 is 5.32 Å². The van der Waals surface area contributed by atoms with E-state index in [-0.39, 0.29) is 24.1 Å². The summed E-state index contributed by atoms with van der Waals surface area (Å²) in [7, 11) is 0. The van der Waals surface area contributed by atoms with Gasteiger partial charge in [-0.15, -0.1) is 0 Å². The van der Waals surface area contributed by atoms with E-state index in [4.69, 9.17) is 4.74 Å². The summed E-state index contributed by atoms with van der Waals surface area (Å²) in [6, 6.07) is 8.76. The van der Waals surface area contributed by atoms with Gasteiger partial charge in [0.25, 0.3) is 5.91 Å². The normalized spacial score (nSPS) is 29.7. The van der Waals surface area contributed by atoms with Crippen LogP contribution in [0.1, 0.15) is 70.2 Å². The number of carbonyl (C=O) groups is 2. The van der Waals surface area contributed by atoms with Crippen molar-refractivity contribution in [3.05, 3.63) is 35.9 Å². The summed E-state index contributed by atoms with van der Waals surface area (Å²) in [6.07, 6.45) is 3.35. The Labute approximate surface area is 173 Å². The van der Waals surface area contributed by atoms with E-state index in [1.807, 2.05) is 39.0 Å². The van der Waals surface area contributed by atoms with E-state index in [2.05, 4.69) is 12.2 Å². The maximum Gasteiger partial charge on any atom is 0.410 e. The number of fused-ring (bicyclic) bond motifs is 1. The predicted octanol–water partition coefficient (Wildman–Crippen LogP) is 3.74. The average molecular weight is 403 g/mol. The van der Waals surface area contributed by atoms with Gasteiger partial charge >= 0.3 is 6.09 Å². The van der Waals surface area contributed by atoms with E-state index in [1.54, 1.807) is 17.0 Å². The second-order valence-electron chi connectivity index (χ2n) is 9.64. The van der Waals surface area contributed by atoms with Crippen molar-refractivity contribution >= 4 is 12.0 Å². The zero-order valence-electron chi connectivity index (χ0n) is 18.0. The van der Waals surface area contributed by atoms with Gasteiger partial charge < -0.3 is 15.2 Å². The minimum absolute atomic E-state index is 0.0894.